The first-order chi connectivity index (χ1) is 12.7. The lowest BCUT2D eigenvalue weighted by atomic mass is 10.1. The Morgan fingerprint density at radius 3 is 2.62 bits per heavy atom. The Kier molecular flexibility index (Phi) is 5.05. The molecular formula is C22H26N2O2. The molecule has 2 fully saturated rings. The van der Waals surface area contributed by atoms with E-state index >= 15 is 0 Å². The number of benzene rings is 2. The van der Waals surface area contributed by atoms with Crippen LogP contribution in [-0.4, -0.2) is 41.7 Å². The van der Waals surface area contributed by atoms with E-state index in [0.717, 1.165) is 26.2 Å². The molecule has 0 radical (unpaired) electrons. The van der Waals surface area contributed by atoms with E-state index in [1.54, 1.807) is 12.1 Å². The summed E-state index contributed by atoms with van der Waals surface area (Å²) in [5.74, 6) is 0.546. The number of likely N-dealkylation sites (tertiary alicyclic amines) is 1. The van der Waals surface area contributed by atoms with E-state index < -0.39 is 5.97 Å². The average molecular weight is 350 g/mol. The van der Waals surface area contributed by atoms with Crippen molar-refractivity contribution in [1.29, 1.82) is 0 Å². The van der Waals surface area contributed by atoms with Crippen LogP contribution in [0.15, 0.2) is 54.6 Å². The first-order valence-electron chi connectivity index (χ1n) is 9.52. The quantitative estimate of drug-likeness (QED) is 0.804. The average Bonchev–Trinajstić information content (AvgIpc) is 3.32. The van der Waals surface area contributed by atoms with Crippen molar-refractivity contribution in [2.75, 3.05) is 19.6 Å². The molecule has 1 saturated heterocycles. The highest BCUT2D eigenvalue weighted by atomic mass is 16.4. The zero-order chi connectivity index (χ0) is 17.9. The van der Waals surface area contributed by atoms with Crippen molar-refractivity contribution in [1.82, 2.24) is 10.2 Å². The monoisotopic (exact) mass is 350 g/mol. The summed E-state index contributed by atoms with van der Waals surface area (Å²) in [6, 6.07) is 18.7. The molecule has 2 unspecified atom stereocenters. The van der Waals surface area contributed by atoms with Crippen molar-refractivity contribution < 1.29 is 9.90 Å². The number of carboxylic acid groups (broad SMARTS) is 1. The van der Waals surface area contributed by atoms with Gasteiger partial charge in [-0.05, 0) is 55.1 Å². The van der Waals surface area contributed by atoms with Gasteiger partial charge in [0.15, 0.2) is 0 Å². The molecule has 1 heterocycles. The lowest BCUT2D eigenvalue weighted by Gasteiger charge is -2.16. The molecule has 4 heteroatoms. The largest absolute Gasteiger partial charge is 0.478 e. The van der Waals surface area contributed by atoms with E-state index in [4.69, 9.17) is 5.11 Å². The van der Waals surface area contributed by atoms with Gasteiger partial charge < -0.3 is 10.4 Å². The molecule has 2 aliphatic rings. The molecule has 1 aliphatic heterocycles. The van der Waals surface area contributed by atoms with Crippen LogP contribution in [0.25, 0.3) is 0 Å². The predicted octanol–water partition coefficient (Wildman–Crippen LogP) is 3.35. The zero-order valence-electron chi connectivity index (χ0n) is 15.0. The van der Waals surface area contributed by atoms with Gasteiger partial charge in [-0.3, -0.25) is 4.90 Å². The standard InChI is InChI=1S/C22H26N2O2/c25-22(26)19-8-6-16(7-9-19)14-24-11-10-17(15-24)13-23-21-12-20(21)18-4-2-1-3-5-18/h1-9,17,20-21,23H,10-15H2,(H,25,26)/t17-,20?,21?/m1/s1. The van der Waals surface area contributed by atoms with Gasteiger partial charge >= 0.3 is 5.97 Å². The van der Waals surface area contributed by atoms with Gasteiger partial charge in [-0.2, -0.15) is 0 Å². The fourth-order valence-corrected chi connectivity index (χ4v) is 4.04. The van der Waals surface area contributed by atoms with E-state index in [1.165, 1.54) is 24.0 Å². The minimum absolute atomic E-state index is 0.356. The molecule has 2 aromatic rings. The fourth-order valence-electron chi connectivity index (χ4n) is 4.04. The molecule has 3 atom stereocenters. The Morgan fingerprint density at radius 2 is 1.88 bits per heavy atom. The molecule has 0 spiro atoms. The molecule has 0 aromatic heterocycles. The normalized spacial score (nSPS) is 25.3. The molecule has 4 nitrogen and oxygen atoms in total. The molecular weight excluding hydrogens is 324 g/mol. The Morgan fingerprint density at radius 1 is 1.12 bits per heavy atom. The van der Waals surface area contributed by atoms with E-state index in [9.17, 15) is 4.79 Å². The Balaban J connectivity index is 1.20. The second-order valence-electron chi connectivity index (χ2n) is 7.66. The third-order valence-electron chi connectivity index (χ3n) is 5.66. The molecule has 4 rings (SSSR count). The van der Waals surface area contributed by atoms with Gasteiger partial charge in [0.05, 0.1) is 5.56 Å². The van der Waals surface area contributed by atoms with Crippen LogP contribution in [0.3, 0.4) is 0 Å². The third kappa shape index (κ3) is 4.14. The van der Waals surface area contributed by atoms with Crippen LogP contribution >= 0.6 is 0 Å². The number of carbonyl (C=O) groups is 1. The number of rotatable bonds is 7. The molecule has 0 bridgehead atoms. The number of nitrogens with one attached hydrogen (secondary N) is 1. The first kappa shape index (κ1) is 17.3. The summed E-state index contributed by atoms with van der Waals surface area (Å²) in [6.07, 6.45) is 2.50. The number of aromatic carboxylic acids is 1. The Hall–Kier alpha value is -2.17. The van der Waals surface area contributed by atoms with Crippen LogP contribution in [0.1, 0.15) is 40.2 Å². The fraction of sp³-hybridized carbons (Fsp3) is 0.409. The lowest BCUT2D eigenvalue weighted by molar-refractivity contribution is 0.0697. The summed E-state index contributed by atoms with van der Waals surface area (Å²) in [4.78, 5) is 13.4. The van der Waals surface area contributed by atoms with Gasteiger partial charge in [-0.15, -0.1) is 0 Å². The predicted molar refractivity (Wildman–Crippen MR) is 102 cm³/mol. The Bertz CT molecular complexity index is 744. The van der Waals surface area contributed by atoms with E-state index in [2.05, 4.69) is 40.5 Å². The van der Waals surface area contributed by atoms with Gasteiger partial charge in [0, 0.05) is 25.0 Å². The maximum absolute atomic E-state index is 10.9. The van der Waals surface area contributed by atoms with Gasteiger partial charge in [0.2, 0.25) is 0 Å². The van der Waals surface area contributed by atoms with Gasteiger partial charge in [0.25, 0.3) is 0 Å². The maximum Gasteiger partial charge on any atom is 0.335 e. The van der Waals surface area contributed by atoms with Crippen LogP contribution in [0.4, 0.5) is 0 Å². The second kappa shape index (κ2) is 7.60. The molecule has 0 amide bonds. The van der Waals surface area contributed by atoms with Crippen molar-refractivity contribution in [3.63, 3.8) is 0 Å². The Labute approximate surface area is 154 Å². The smallest absolute Gasteiger partial charge is 0.335 e. The molecule has 2 N–H and O–H groups in total. The van der Waals surface area contributed by atoms with Crippen LogP contribution in [0.5, 0.6) is 0 Å². The van der Waals surface area contributed by atoms with E-state index in [0.29, 0.717) is 23.4 Å². The summed E-state index contributed by atoms with van der Waals surface area (Å²) in [5.41, 5.74) is 3.01. The summed E-state index contributed by atoms with van der Waals surface area (Å²) >= 11 is 0. The van der Waals surface area contributed by atoms with E-state index in [1.807, 2.05) is 12.1 Å². The number of hydrogen-bond acceptors (Lipinski definition) is 3. The number of nitrogens with zero attached hydrogens (tertiary/aromatic N) is 1. The summed E-state index contributed by atoms with van der Waals surface area (Å²) in [7, 11) is 0. The van der Waals surface area contributed by atoms with Crippen molar-refractivity contribution in [3.05, 3.63) is 71.3 Å². The maximum atomic E-state index is 10.9. The van der Waals surface area contributed by atoms with Gasteiger partial charge in [-0.25, -0.2) is 4.79 Å². The van der Waals surface area contributed by atoms with E-state index in [-0.39, 0.29) is 0 Å². The summed E-state index contributed by atoms with van der Waals surface area (Å²) < 4.78 is 0. The highest BCUT2D eigenvalue weighted by Crippen LogP contribution is 2.40. The summed E-state index contributed by atoms with van der Waals surface area (Å²) in [5, 5.41) is 12.7. The minimum Gasteiger partial charge on any atom is -0.478 e. The third-order valence-corrected chi connectivity index (χ3v) is 5.66. The zero-order valence-corrected chi connectivity index (χ0v) is 15.0. The van der Waals surface area contributed by atoms with Gasteiger partial charge in [-0.1, -0.05) is 42.5 Å². The van der Waals surface area contributed by atoms with Crippen molar-refractivity contribution in [2.24, 2.45) is 5.92 Å². The van der Waals surface area contributed by atoms with Crippen LogP contribution in [-0.2, 0) is 6.54 Å². The molecule has 26 heavy (non-hydrogen) atoms. The topological polar surface area (TPSA) is 52.6 Å². The van der Waals surface area contributed by atoms with Gasteiger partial charge in [0.1, 0.15) is 0 Å². The molecule has 2 aromatic carbocycles. The SMILES string of the molecule is O=C(O)c1ccc(CN2CC[C@H](CNC3CC3c3ccccc3)C2)cc1. The minimum atomic E-state index is -0.863. The molecule has 1 aliphatic carbocycles. The molecule has 1 saturated carbocycles. The van der Waals surface area contributed by atoms with Crippen molar-refractivity contribution >= 4 is 5.97 Å². The second-order valence-corrected chi connectivity index (χ2v) is 7.66. The molecule has 136 valence electrons. The highest BCUT2D eigenvalue weighted by molar-refractivity contribution is 5.87. The van der Waals surface area contributed by atoms with Crippen LogP contribution in [0.2, 0.25) is 0 Å². The van der Waals surface area contributed by atoms with Crippen molar-refractivity contribution in [3.8, 4) is 0 Å². The van der Waals surface area contributed by atoms with Crippen molar-refractivity contribution in [2.45, 2.75) is 31.3 Å². The lowest BCUT2D eigenvalue weighted by Crippen LogP contribution is -2.28. The number of hydrogen-bond donors (Lipinski definition) is 2. The summed E-state index contributed by atoms with van der Waals surface area (Å²) in [6.45, 7) is 4.26. The van der Waals surface area contributed by atoms with Crippen LogP contribution in [0, 0.1) is 5.92 Å². The first-order valence-corrected chi connectivity index (χ1v) is 9.52. The number of carboxylic acids is 1. The highest BCUT2D eigenvalue weighted by Gasteiger charge is 2.38. The van der Waals surface area contributed by atoms with Crippen LogP contribution < -0.4 is 5.32 Å².